The summed E-state index contributed by atoms with van der Waals surface area (Å²) >= 11 is 0. The normalized spacial score (nSPS) is 31.3. The molecule has 1 aliphatic heterocycles. The third-order valence-electron chi connectivity index (χ3n) is 7.81. The Labute approximate surface area is 188 Å². The highest BCUT2D eigenvalue weighted by Gasteiger charge is 2.71. The van der Waals surface area contributed by atoms with E-state index >= 15 is 0 Å². The van der Waals surface area contributed by atoms with Crippen molar-refractivity contribution >= 4 is 17.6 Å². The molecule has 3 aliphatic rings. The highest BCUT2D eigenvalue weighted by Crippen LogP contribution is 2.68. The topological polar surface area (TPSA) is 71.5 Å². The summed E-state index contributed by atoms with van der Waals surface area (Å²) in [7, 11) is 1.36. The third-order valence-corrected chi connectivity index (χ3v) is 7.81. The molecule has 0 bridgehead atoms. The summed E-state index contributed by atoms with van der Waals surface area (Å²) in [6.45, 7) is 6.12. The van der Waals surface area contributed by atoms with Crippen molar-refractivity contribution in [3.05, 3.63) is 23.5 Å². The molecule has 8 heteroatoms. The van der Waals surface area contributed by atoms with Crippen molar-refractivity contribution in [2.45, 2.75) is 58.3 Å². The predicted octanol–water partition coefficient (Wildman–Crippen LogP) is 3.97. The molecule has 1 N–H and O–H groups in total. The smallest absolute Gasteiger partial charge is 0.341 e. The van der Waals surface area contributed by atoms with Gasteiger partial charge in [0.2, 0.25) is 5.91 Å². The summed E-state index contributed by atoms with van der Waals surface area (Å²) in [5.41, 5.74) is 1.21. The number of halogens is 2. The number of methoxy groups -OCH3 is 1. The molecule has 176 valence electrons. The lowest BCUT2D eigenvalue weighted by Crippen LogP contribution is -2.45. The molecule has 2 saturated carbocycles. The van der Waals surface area contributed by atoms with Crippen molar-refractivity contribution in [2.75, 3.05) is 31.6 Å². The van der Waals surface area contributed by atoms with E-state index in [2.05, 4.69) is 22.1 Å². The summed E-state index contributed by atoms with van der Waals surface area (Å²) in [5.74, 6) is -2.75. The van der Waals surface area contributed by atoms with Gasteiger partial charge in [-0.05, 0) is 50.5 Å². The highest BCUT2D eigenvalue weighted by atomic mass is 19.3. The molecule has 3 fully saturated rings. The van der Waals surface area contributed by atoms with Crippen LogP contribution in [0.2, 0.25) is 0 Å². The van der Waals surface area contributed by atoms with Crippen molar-refractivity contribution in [1.29, 1.82) is 0 Å². The molecule has 4 rings (SSSR count). The lowest BCUT2D eigenvalue weighted by Gasteiger charge is -2.39. The van der Waals surface area contributed by atoms with Crippen LogP contribution in [0.5, 0.6) is 0 Å². The molecule has 2 heterocycles. The zero-order valence-corrected chi connectivity index (χ0v) is 19.1. The fourth-order valence-corrected chi connectivity index (χ4v) is 5.63. The van der Waals surface area contributed by atoms with E-state index in [4.69, 9.17) is 4.74 Å². The van der Waals surface area contributed by atoms with E-state index in [1.807, 2.05) is 13.0 Å². The van der Waals surface area contributed by atoms with E-state index in [1.165, 1.54) is 7.11 Å². The van der Waals surface area contributed by atoms with E-state index in [1.54, 1.807) is 6.20 Å². The maximum absolute atomic E-state index is 13.8. The number of nitrogens with one attached hydrogen (secondary N) is 1. The van der Waals surface area contributed by atoms with Gasteiger partial charge in [-0.1, -0.05) is 13.3 Å². The fourth-order valence-electron chi connectivity index (χ4n) is 5.63. The van der Waals surface area contributed by atoms with Crippen LogP contribution in [-0.4, -0.2) is 49.5 Å². The SMILES string of the molecule is COC(=O)c1cnc(C)cc1N1CCC(CNC(=O)C2CCCC3(C2)CC3(F)F)C(C)C1. The Hall–Kier alpha value is -2.25. The second-order valence-electron chi connectivity index (χ2n) is 10.0. The van der Waals surface area contributed by atoms with Crippen LogP contribution in [0.15, 0.2) is 12.3 Å². The number of hydrogen-bond donors (Lipinski definition) is 1. The summed E-state index contributed by atoms with van der Waals surface area (Å²) in [4.78, 5) is 31.3. The molecule has 1 aromatic rings. The minimum atomic E-state index is -2.58. The van der Waals surface area contributed by atoms with Gasteiger partial charge in [0.05, 0.1) is 12.8 Å². The Morgan fingerprint density at radius 3 is 2.75 bits per heavy atom. The number of aromatic nitrogens is 1. The largest absolute Gasteiger partial charge is 0.465 e. The summed E-state index contributed by atoms with van der Waals surface area (Å²) in [6, 6.07) is 1.91. The van der Waals surface area contributed by atoms with Gasteiger partial charge in [-0.3, -0.25) is 9.78 Å². The molecule has 2 aliphatic carbocycles. The number of amides is 1. The maximum Gasteiger partial charge on any atom is 0.341 e. The minimum Gasteiger partial charge on any atom is -0.465 e. The molecule has 4 atom stereocenters. The van der Waals surface area contributed by atoms with E-state index in [0.717, 1.165) is 30.9 Å². The van der Waals surface area contributed by atoms with Crippen LogP contribution in [0, 0.1) is 30.1 Å². The summed E-state index contributed by atoms with van der Waals surface area (Å²) in [5, 5.41) is 3.06. The van der Waals surface area contributed by atoms with Gasteiger partial charge < -0.3 is 15.0 Å². The van der Waals surface area contributed by atoms with Crippen LogP contribution < -0.4 is 10.2 Å². The van der Waals surface area contributed by atoms with Gasteiger partial charge in [0.15, 0.2) is 0 Å². The van der Waals surface area contributed by atoms with Crippen LogP contribution in [0.25, 0.3) is 0 Å². The number of anilines is 1. The number of aryl methyl sites for hydroxylation is 1. The first-order valence-corrected chi connectivity index (χ1v) is 11.6. The standard InChI is InChI=1S/C24H33F2N3O3/c1-15-13-29(20-9-16(2)27-12-19(20)22(31)32-3)8-6-18(15)11-28-21(30)17-5-4-7-23(10-17)14-24(23,25)26/h9,12,15,17-18H,4-8,10-11,13-14H2,1-3H3,(H,28,30). The summed E-state index contributed by atoms with van der Waals surface area (Å²) in [6.07, 6.45) is 4.65. The first-order chi connectivity index (χ1) is 15.2. The number of carbonyl (C=O) groups is 2. The van der Waals surface area contributed by atoms with E-state index in [0.29, 0.717) is 49.6 Å². The predicted molar refractivity (Wildman–Crippen MR) is 117 cm³/mol. The number of piperidine rings is 1. The first-order valence-electron chi connectivity index (χ1n) is 11.6. The summed E-state index contributed by atoms with van der Waals surface area (Å²) < 4.78 is 32.5. The van der Waals surface area contributed by atoms with Gasteiger partial charge in [-0.2, -0.15) is 0 Å². The fraction of sp³-hybridized carbons (Fsp3) is 0.708. The second kappa shape index (κ2) is 8.60. The number of ether oxygens (including phenoxy) is 1. The molecule has 4 unspecified atom stereocenters. The van der Waals surface area contributed by atoms with Crippen molar-refractivity contribution in [3.63, 3.8) is 0 Å². The van der Waals surface area contributed by atoms with E-state index in [-0.39, 0.29) is 18.2 Å². The molecule has 1 aromatic heterocycles. The molecular weight excluding hydrogens is 416 g/mol. The number of alkyl halides is 2. The molecule has 1 spiro atoms. The molecule has 0 radical (unpaired) electrons. The lowest BCUT2D eigenvalue weighted by atomic mass is 9.78. The van der Waals surface area contributed by atoms with Gasteiger partial charge in [0, 0.05) is 49.3 Å². The lowest BCUT2D eigenvalue weighted by molar-refractivity contribution is -0.127. The van der Waals surface area contributed by atoms with Gasteiger partial charge in [-0.25, -0.2) is 13.6 Å². The van der Waals surface area contributed by atoms with Crippen molar-refractivity contribution in [2.24, 2.45) is 23.2 Å². The minimum absolute atomic E-state index is 0.0542. The monoisotopic (exact) mass is 449 g/mol. The van der Waals surface area contributed by atoms with Gasteiger partial charge in [0.1, 0.15) is 5.56 Å². The number of nitrogens with zero attached hydrogens (tertiary/aromatic N) is 2. The van der Waals surface area contributed by atoms with Crippen molar-refractivity contribution in [3.8, 4) is 0 Å². The van der Waals surface area contributed by atoms with Crippen molar-refractivity contribution < 1.29 is 23.1 Å². The molecule has 6 nitrogen and oxygen atoms in total. The molecule has 1 saturated heterocycles. The van der Waals surface area contributed by atoms with Gasteiger partial charge in [0.25, 0.3) is 5.92 Å². The Morgan fingerprint density at radius 2 is 2.09 bits per heavy atom. The zero-order chi connectivity index (χ0) is 23.1. The average molecular weight is 450 g/mol. The van der Waals surface area contributed by atoms with E-state index < -0.39 is 17.3 Å². The molecular formula is C24H33F2N3O3. The maximum atomic E-state index is 13.8. The average Bonchev–Trinajstić information content (AvgIpc) is 3.29. The molecule has 1 amide bonds. The van der Waals surface area contributed by atoms with Crippen LogP contribution >= 0.6 is 0 Å². The van der Waals surface area contributed by atoms with Crippen LogP contribution in [-0.2, 0) is 9.53 Å². The Bertz CT molecular complexity index is 893. The Morgan fingerprint density at radius 1 is 1.34 bits per heavy atom. The van der Waals surface area contributed by atoms with Gasteiger partial charge >= 0.3 is 5.97 Å². The number of pyridine rings is 1. The van der Waals surface area contributed by atoms with Crippen LogP contribution in [0.1, 0.15) is 61.5 Å². The third kappa shape index (κ3) is 4.33. The van der Waals surface area contributed by atoms with Gasteiger partial charge in [-0.15, -0.1) is 0 Å². The van der Waals surface area contributed by atoms with E-state index in [9.17, 15) is 18.4 Å². The molecule has 32 heavy (non-hydrogen) atoms. The second-order valence-corrected chi connectivity index (χ2v) is 10.0. The Kier molecular flexibility index (Phi) is 6.16. The highest BCUT2D eigenvalue weighted by molar-refractivity contribution is 5.95. The Balaban J connectivity index is 1.32. The number of hydrogen-bond acceptors (Lipinski definition) is 5. The van der Waals surface area contributed by atoms with Crippen LogP contribution in [0.4, 0.5) is 14.5 Å². The number of carbonyl (C=O) groups excluding carboxylic acids is 2. The zero-order valence-electron chi connectivity index (χ0n) is 19.1. The quantitative estimate of drug-likeness (QED) is 0.689. The first kappa shape index (κ1) is 22.9. The number of rotatable bonds is 5. The molecule has 0 aromatic carbocycles. The van der Waals surface area contributed by atoms with Crippen LogP contribution in [0.3, 0.4) is 0 Å². The van der Waals surface area contributed by atoms with Crippen molar-refractivity contribution in [1.82, 2.24) is 10.3 Å². The number of esters is 1.